The van der Waals surface area contributed by atoms with Gasteiger partial charge in [-0.05, 0) is 89.0 Å². The molecular formula is C49H30N2O3. The van der Waals surface area contributed by atoms with E-state index in [1.807, 2.05) is 66.7 Å². The van der Waals surface area contributed by atoms with Crippen LogP contribution < -0.4 is 4.90 Å². The van der Waals surface area contributed by atoms with Crippen LogP contribution in [0.4, 0.5) is 17.1 Å². The molecule has 0 saturated carbocycles. The third-order valence-corrected chi connectivity index (χ3v) is 10.3. The number of hydrogen-bond donors (Lipinski definition) is 0. The molecule has 0 saturated heterocycles. The van der Waals surface area contributed by atoms with Crippen molar-refractivity contribution in [2.24, 2.45) is 0 Å². The molecule has 5 nitrogen and oxygen atoms in total. The van der Waals surface area contributed by atoms with Gasteiger partial charge in [-0.1, -0.05) is 115 Å². The highest BCUT2D eigenvalue weighted by atomic mass is 16.4. The van der Waals surface area contributed by atoms with E-state index in [0.717, 1.165) is 94.3 Å². The van der Waals surface area contributed by atoms with E-state index < -0.39 is 0 Å². The van der Waals surface area contributed by atoms with Crippen LogP contribution in [0.1, 0.15) is 0 Å². The third-order valence-electron chi connectivity index (χ3n) is 10.3. The highest BCUT2D eigenvalue weighted by molar-refractivity contribution is 6.19. The Hall–Kier alpha value is -7.37. The lowest BCUT2D eigenvalue weighted by atomic mass is 9.98. The minimum Gasteiger partial charge on any atom is -0.456 e. The van der Waals surface area contributed by atoms with Gasteiger partial charge in [0.1, 0.15) is 22.3 Å². The van der Waals surface area contributed by atoms with Gasteiger partial charge in [-0.25, -0.2) is 4.98 Å². The van der Waals surface area contributed by atoms with Crippen molar-refractivity contribution in [3.8, 4) is 33.7 Å². The van der Waals surface area contributed by atoms with E-state index in [9.17, 15) is 0 Å². The Morgan fingerprint density at radius 2 is 1.04 bits per heavy atom. The van der Waals surface area contributed by atoms with E-state index in [-0.39, 0.29) is 0 Å². The number of benzene rings is 8. The molecule has 5 heteroatoms. The van der Waals surface area contributed by atoms with Crippen LogP contribution in [-0.2, 0) is 0 Å². The summed E-state index contributed by atoms with van der Waals surface area (Å²) in [7, 11) is 0. The molecular weight excluding hydrogens is 665 g/mol. The highest BCUT2D eigenvalue weighted by Gasteiger charge is 2.23. The van der Waals surface area contributed by atoms with Gasteiger partial charge in [0, 0.05) is 33.1 Å². The summed E-state index contributed by atoms with van der Waals surface area (Å²) in [6.07, 6.45) is 0. The molecule has 0 aliphatic carbocycles. The van der Waals surface area contributed by atoms with Crippen molar-refractivity contribution in [1.29, 1.82) is 0 Å². The summed E-state index contributed by atoms with van der Waals surface area (Å²) in [5.41, 5.74) is 13.1. The molecule has 0 bridgehead atoms. The summed E-state index contributed by atoms with van der Waals surface area (Å²) in [6.45, 7) is 0. The van der Waals surface area contributed by atoms with Crippen LogP contribution in [0.5, 0.6) is 0 Å². The van der Waals surface area contributed by atoms with Crippen LogP contribution in [-0.4, -0.2) is 4.98 Å². The fraction of sp³-hybridized carbons (Fsp3) is 0. The number of para-hydroxylation sites is 2. The van der Waals surface area contributed by atoms with Crippen molar-refractivity contribution in [1.82, 2.24) is 4.98 Å². The average Bonchev–Trinajstić information content (AvgIpc) is 3.96. The number of anilines is 3. The van der Waals surface area contributed by atoms with Crippen LogP contribution in [0.25, 0.3) is 88.7 Å². The number of rotatable bonds is 6. The Bertz CT molecular complexity index is 3160. The van der Waals surface area contributed by atoms with Crippen molar-refractivity contribution in [3.63, 3.8) is 0 Å². The summed E-state index contributed by atoms with van der Waals surface area (Å²) < 4.78 is 19.4. The first-order valence-corrected chi connectivity index (χ1v) is 18.0. The molecule has 0 radical (unpaired) electrons. The minimum atomic E-state index is 0.584. The van der Waals surface area contributed by atoms with Crippen molar-refractivity contribution in [2.45, 2.75) is 0 Å². The zero-order valence-electron chi connectivity index (χ0n) is 28.9. The summed E-state index contributed by atoms with van der Waals surface area (Å²) in [5.74, 6) is 0.584. The first-order valence-electron chi connectivity index (χ1n) is 18.0. The zero-order valence-corrected chi connectivity index (χ0v) is 28.9. The minimum absolute atomic E-state index is 0.584. The third kappa shape index (κ3) is 4.83. The van der Waals surface area contributed by atoms with Gasteiger partial charge in [0.15, 0.2) is 11.2 Å². The van der Waals surface area contributed by atoms with Crippen LogP contribution in [0.3, 0.4) is 0 Å². The second kappa shape index (κ2) is 12.1. The monoisotopic (exact) mass is 694 g/mol. The number of hydrogen-bond acceptors (Lipinski definition) is 5. The summed E-state index contributed by atoms with van der Waals surface area (Å²) >= 11 is 0. The standard InChI is InChI=1S/C49H30N2O3/c1-3-12-31(13-4-1)32-24-26-35(27-25-32)51(36-17-9-16-34(30-36)37-19-11-23-42-45(37)38-18-7-8-22-41(38)52-42)40-21-10-20-39-46-43(53-48(39)40)28-29-44-47(46)50-49(54-44)33-14-5-2-6-15-33/h1-30H. The van der Waals surface area contributed by atoms with Crippen molar-refractivity contribution in [3.05, 3.63) is 182 Å². The average molecular weight is 695 g/mol. The van der Waals surface area contributed by atoms with Gasteiger partial charge in [0.05, 0.1) is 11.1 Å². The van der Waals surface area contributed by atoms with Crippen LogP contribution in [0, 0.1) is 0 Å². The summed E-state index contributed by atoms with van der Waals surface area (Å²) in [6, 6.07) is 62.7. The molecule has 3 heterocycles. The van der Waals surface area contributed by atoms with Crippen molar-refractivity contribution >= 4 is 72.0 Å². The molecule has 3 aromatic heterocycles. The normalized spacial score (nSPS) is 11.7. The Kier molecular flexibility index (Phi) is 6.79. The summed E-state index contributed by atoms with van der Waals surface area (Å²) in [4.78, 5) is 7.29. The lowest BCUT2D eigenvalue weighted by Gasteiger charge is -2.26. The lowest BCUT2D eigenvalue weighted by Crippen LogP contribution is -2.10. The number of aromatic nitrogens is 1. The number of fused-ring (bicyclic) bond motifs is 8. The molecule has 0 fully saturated rings. The Morgan fingerprint density at radius 3 is 1.89 bits per heavy atom. The Balaban J connectivity index is 1.12. The second-order valence-electron chi connectivity index (χ2n) is 13.5. The number of oxazole rings is 1. The van der Waals surface area contributed by atoms with Crippen LogP contribution in [0.2, 0.25) is 0 Å². The van der Waals surface area contributed by atoms with Gasteiger partial charge in [0.25, 0.3) is 0 Å². The molecule has 8 aromatic carbocycles. The van der Waals surface area contributed by atoms with Gasteiger partial charge in [0.2, 0.25) is 5.89 Å². The predicted octanol–water partition coefficient (Wildman–Crippen LogP) is 14.1. The molecule has 0 amide bonds. The SMILES string of the molecule is c1ccc(-c2ccc(N(c3cccc(-c4cccc5oc6ccccc6c45)c3)c3cccc4c3oc3ccc5oc(-c6ccccc6)nc5c34)cc2)cc1. The predicted molar refractivity (Wildman–Crippen MR) is 220 cm³/mol. The lowest BCUT2D eigenvalue weighted by molar-refractivity contribution is 0.619. The summed E-state index contributed by atoms with van der Waals surface area (Å²) in [5, 5.41) is 4.11. The molecule has 54 heavy (non-hydrogen) atoms. The van der Waals surface area contributed by atoms with E-state index in [1.165, 1.54) is 5.56 Å². The van der Waals surface area contributed by atoms with Gasteiger partial charge >= 0.3 is 0 Å². The maximum atomic E-state index is 6.80. The molecule has 254 valence electrons. The van der Waals surface area contributed by atoms with Crippen molar-refractivity contribution in [2.75, 3.05) is 4.90 Å². The van der Waals surface area contributed by atoms with E-state index in [1.54, 1.807) is 0 Å². The highest BCUT2D eigenvalue weighted by Crippen LogP contribution is 2.46. The first-order chi connectivity index (χ1) is 26.8. The van der Waals surface area contributed by atoms with E-state index >= 15 is 0 Å². The van der Waals surface area contributed by atoms with Gasteiger partial charge in [-0.2, -0.15) is 0 Å². The first kappa shape index (κ1) is 30.3. The molecule has 0 N–H and O–H groups in total. The van der Waals surface area contributed by atoms with E-state index in [0.29, 0.717) is 5.89 Å². The fourth-order valence-corrected chi connectivity index (χ4v) is 7.83. The fourth-order valence-electron chi connectivity index (χ4n) is 7.83. The molecule has 0 aliphatic heterocycles. The van der Waals surface area contributed by atoms with E-state index in [2.05, 4.69) is 120 Å². The molecule has 0 atom stereocenters. The van der Waals surface area contributed by atoms with E-state index in [4.69, 9.17) is 18.2 Å². The number of furan rings is 2. The number of nitrogens with zero attached hydrogens (tertiary/aromatic N) is 2. The topological polar surface area (TPSA) is 55.6 Å². The Labute approximate surface area is 309 Å². The van der Waals surface area contributed by atoms with Gasteiger partial charge in [-0.15, -0.1) is 0 Å². The quantitative estimate of drug-likeness (QED) is 0.173. The molecule has 11 rings (SSSR count). The largest absolute Gasteiger partial charge is 0.456 e. The molecule has 0 spiro atoms. The van der Waals surface area contributed by atoms with Gasteiger partial charge < -0.3 is 18.2 Å². The Morgan fingerprint density at radius 1 is 0.389 bits per heavy atom. The maximum absolute atomic E-state index is 6.80. The van der Waals surface area contributed by atoms with Crippen LogP contribution in [0.15, 0.2) is 195 Å². The molecule has 0 unspecified atom stereocenters. The zero-order chi connectivity index (χ0) is 35.6. The second-order valence-corrected chi connectivity index (χ2v) is 13.5. The molecule has 11 aromatic rings. The van der Waals surface area contributed by atoms with Crippen LogP contribution >= 0.6 is 0 Å². The maximum Gasteiger partial charge on any atom is 0.227 e. The van der Waals surface area contributed by atoms with Gasteiger partial charge in [-0.3, -0.25) is 0 Å². The molecule has 0 aliphatic rings. The van der Waals surface area contributed by atoms with Crippen molar-refractivity contribution < 1.29 is 13.3 Å². The smallest absolute Gasteiger partial charge is 0.227 e.